The number of benzene rings is 2. The van der Waals surface area contributed by atoms with Crippen molar-refractivity contribution in [2.75, 3.05) is 0 Å². The Kier molecular flexibility index (Phi) is 4.87. The molecule has 0 fully saturated rings. The summed E-state index contributed by atoms with van der Waals surface area (Å²) in [5.74, 6) is -2.30. The van der Waals surface area contributed by atoms with Crippen LogP contribution in [0.3, 0.4) is 0 Å². The number of carbonyl (C=O) groups excluding carboxylic acids is 1. The largest absolute Gasteiger partial charge is 0.417 e. The number of nitrogens with zero attached hydrogens (tertiary/aromatic N) is 2. The van der Waals surface area contributed by atoms with Gasteiger partial charge in [0.15, 0.2) is 11.7 Å². The van der Waals surface area contributed by atoms with Gasteiger partial charge in [-0.3, -0.25) is 4.79 Å². The highest BCUT2D eigenvalue weighted by molar-refractivity contribution is 7.10. The molecule has 0 aliphatic heterocycles. The van der Waals surface area contributed by atoms with Crippen molar-refractivity contribution in [3.8, 4) is 17.3 Å². The summed E-state index contributed by atoms with van der Waals surface area (Å²) in [6.07, 6.45) is -4.68. The van der Waals surface area contributed by atoms with Crippen LogP contribution >= 0.6 is 11.3 Å². The number of nitriles is 1. The van der Waals surface area contributed by atoms with Gasteiger partial charge in [0.1, 0.15) is 5.01 Å². The monoisotopic (exact) mass is 372 g/mol. The van der Waals surface area contributed by atoms with Crippen molar-refractivity contribution in [1.29, 1.82) is 5.26 Å². The molecule has 3 aromatic rings. The van der Waals surface area contributed by atoms with E-state index in [4.69, 9.17) is 0 Å². The summed E-state index contributed by atoms with van der Waals surface area (Å²) in [5.41, 5.74) is -0.203. The number of halogens is 3. The zero-order chi connectivity index (χ0) is 18.7. The number of alkyl halides is 3. The van der Waals surface area contributed by atoms with Crippen LogP contribution in [0.25, 0.3) is 11.3 Å². The maximum Gasteiger partial charge on any atom is 0.417 e. The molecule has 0 spiro atoms. The van der Waals surface area contributed by atoms with Crippen LogP contribution in [-0.2, 0) is 6.18 Å². The predicted octanol–water partition coefficient (Wildman–Crippen LogP) is 5.32. The highest BCUT2D eigenvalue weighted by atomic mass is 32.1. The normalized spacial score (nSPS) is 12.4. The van der Waals surface area contributed by atoms with E-state index in [0.29, 0.717) is 5.69 Å². The minimum Gasteiger partial charge on any atom is -0.292 e. The van der Waals surface area contributed by atoms with Crippen molar-refractivity contribution in [2.24, 2.45) is 0 Å². The summed E-state index contributed by atoms with van der Waals surface area (Å²) in [7, 11) is 0. The second-order valence-corrected chi connectivity index (χ2v) is 6.30. The first-order chi connectivity index (χ1) is 12.4. The van der Waals surface area contributed by atoms with Crippen LogP contribution in [0.15, 0.2) is 60.0 Å². The van der Waals surface area contributed by atoms with E-state index in [9.17, 15) is 23.2 Å². The van der Waals surface area contributed by atoms with Crippen LogP contribution in [0.1, 0.15) is 26.8 Å². The molecule has 1 aromatic heterocycles. The Morgan fingerprint density at radius 2 is 1.73 bits per heavy atom. The summed E-state index contributed by atoms with van der Waals surface area (Å²) in [4.78, 5) is 16.9. The average molecular weight is 372 g/mol. The lowest BCUT2D eigenvalue weighted by atomic mass is 9.95. The van der Waals surface area contributed by atoms with E-state index in [2.05, 4.69) is 4.98 Å². The standard InChI is InChI=1S/C19H11F3N2OS/c20-19(21,22)15-9-5-4-8-13(15)17(25)14(10-23)18-24-16(11-26-18)12-6-2-1-3-7-12/h1-9,11,14H. The SMILES string of the molecule is N#CC(C(=O)c1ccccc1C(F)(F)F)c1nc(-c2ccccc2)cs1. The van der Waals surface area contributed by atoms with Crippen molar-refractivity contribution < 1.29 is 18.0 Å². The zero-order valence-corrected chi connectivity index (χ0v) is 14.0. The van der Waals surface area contributed by atoms with E-state index < -0.39 is 29.0 Å². The first-order valence-electron chi connectivity index (χ1n) is 7.52. The van der Waals surface area contributed by atoms with Crippen molar-refractivity contribution in [1.82, 2.24) is 4.98 Å². The van der Waals surface area contributed by atoms with Gasteiger partial charge in [0.2, 0.25) is 0 Å². The molecule has 0 saturated heterocycles. The molecule has 2 aromatic carbocycles. The fourth-order valence-electron chi connectivity index (χ4n) is 2.49. The molecule has 7 heteroatoms. The second-order valence-electron chi connectivity index (χ2n) is 5.41. The fraction of sp³-hybridized carbons (Fsp3) is 0.105. The summed E-state index contributed by atoms with van der Waals surface area (Å²) in [6.45, 7) is 0. The van der Waals surface area contributed by atoms with Gasteiger partial charge in [-0.15, -0.1) is 11.3 Å². The van der Waals surface area contributed by atoms with Crippen LogP contribution < -0.4 is 0 Å². The molecule has 1 unspecified atom stereocenters. The smallest absolute Gasteiger partial charge is 0.292 e. The quantitative estimate of drug-likeness (QED) is 0.583. The molecule has 1 heterocycles. The molecule has 0 aliphatic carbocycles. The average Bonchev–Trinajstić information content (AvgIpc) is 3.12. The Morgan fingerprint density at radius 3 is 2.38 bits per heavy atom. The van der Waals surface area contributed by atoms with Crippen LogP contribution in [0, 0.1) is 11.3 Å². The molecule has 3 rings (SSSR count). The summed E-state index contributed by atoms with van der Waals surface area (Å²) < 4.78 is 39.5. The second kappa shape index (κ2) is 7.10. The lowest BCUT2D eigenvalue weighted by Gasteiger charge is -2.13. The van der Waals surface area contributed by atoms with Crippen LogP contribution in [0.2, 0.25) is 0 Å². The molecular formula is C19H11F3N2OS. The van der Waals surface area contributed by atoms with Gasteiger partial charge in [-0.2, -0.15) is 18.4 Å². The molecule has 0 aliphatic rings. The van der Waals surface area contributed by atoms with Gasteiger partial charge in [0.05, 0.1) is 17.3 Å². The molecule has 0 radical (unpaired) electrons. The highest BCUT2D eigenvalue weighted by Crippen LogP contribution is 2.35. The number of Topliss-reactive ketones (excluding diaryl/α,β-unsaturated/α-hetero) is 1. The number of carbonyl (C=O) groups is 1. The minimum atomic E-state index is -4.68. The van der Waals surface area contributed by atoms with E-state index in [-0.39, 0.29) is 5.01 Å². The Morgan fingerprint density at radius 1 is 1.08 bits per heavy atom. The molecule has 0 bridgehead atoms. The Balaban J connectivity index is 1.98. The van der Waals surface area contributed by atoms with Crippen LogP contribution in [0.4, 0.5) is 13.2 Å². The van der Waals surface area contributed by atoms with Crippen molar-refractivity contribution in [3.63, 3.8) is 0 Å². The molecule has 0 saturated carbocycles. The van der Waals surface area contributed by atoms with Gasteiger partial charge in [-0.1, -0.05) is 48.5 Å². The molecule has 1 atom stereocenters. The Hall–Kier alpha value is -2.98. The molecule has 26 heavy (non-hydrogen) atoms. The summed E-state index contributed by atoms with van der Waals surface area (Å²) in [5, 5.41) is 11.3. The van der Waals surface area contributed by atoms with Crippen molar-refractivity contribution in [2.45, 2.75) is 12.1 Å². The third-order valence-electron chi connectivity index (χ3n) is 3.73. The van der Waals surface area contributed by atoms with Crippen LogP contribution in [-0.4, -0.2) is 10.8 Å². The molecule has 0 amide bonds. The molecular weight excluding hydrogens is 361 g/mol. The van der Waals surface area contributed by atoms with E-state index in [0.717, 1.165) is 29.0 Å². The number of hydrogen-bond acceptors (Lipinski definition) is 4. The topological polar surface area (TPSA) is 53.8 Å². The molecule has 3 nitrogen and oxygen atoms in total. The third-order valence-corrected chi connectivity index (χ3v) is 4.64. The molecule has 130 valence electrons. The number of thiazole rings is 1. The summed E-state index contributed by atoms with van der Waals surface area (Å²) in [6, 6.07) is 15.4. The van der Waals surface area contributed by atoms with E-state index in [1.165, 1.54) is 12.1 Å². The van der Waals surface area contributed by atoms with Gasteiger partial charge in [-0.25, -0.2) is 4.98 Å². The first kappa shape index (κ1) is 17.8. The zero-order valence-electron chi connectivity index (χ0n) is 13.2. The van der Waals surface area contributed by atoms with E-state index >= 15 is 0 Å². The van der Waals surface area contributed by atoms with Crippen LogP contribution in [0.5, 0.6) is 0 Å². The summed E-state index contributed by atoms with van der Waals surface area (Å²) >= 11 is 1.08. The number of aromatic nitrogens is 1. The van der Waals surface area contributed by atoms with Gasteiger partial charge >= 0.3 is 6.18 Å². The van der Waals surface area contributed by atoms with E-state index in [1.807, 2.05) is 30.3 Å². The van der Waals surface area contributed by atoms with Gasteiger partial charge in [-0.05, 0) is 6.07 Å². The number of ketones is 1. The van der Waals surface area contributed by atoms with E-state index in [1.54, 1.807) is 11.4 Å². The van der Waals surface area contributed by atoms with Crippen molar-refractivity contribution >= 4 is 17.1 Å². The Labute approximate surface area is 151 Å². The third kappa shape index (κ3) is 3.51. The number of rotatable bonds is 4. The molecule has 0 N–H and O–H groups in total. The van der Waals surface area contributed by atoms with Crippen molar-refractivity contribution in [3.05, 3.63) is 76.1 Å². The lowest BCUT2D eigenvalue weighted by Crippen LogP contribution is -2.17. The van der Waals surface area contributed by atoms with Gasteiger partial charge in [0.25, 0.3) is 0 Å². The van der Waals surface area contributed by atoms with Gasteiger partial charge < -0.3 is 0 Å². The van der Waals surface area contributed by atoms with Gasteiger partial charge in [0, 0.05) is 16.5 Å². The minimum absolute atomic E-state index is 0.174. The lowest BCUT2D eigenvalue weighted by molar-refractivity contribution is -0.137. The maximum absolute atomic E-state index is 13.2. The number of hydrogen-bond donors (Lipinski definition) is 0. The highest BCUT2D eigenvalue weighted by Gasteiger charge is 2.37. The maximum atomic E-state index is 13.2. The first-order valence-corrected chi connectivity index (χ1v) is 8.40. The fourth-order valence-corrected chi connectivity index (χ4v) is 3.36. The predicted molar refractivity (Wildman–Crippen MR) is 91.7 cm³/mol. The Bertz CT molecular complexity index is 974.